The molecule has 0 fully saturated rings. The van der Waals surface area contributed by atoms with E-state index in [1.807, 2.05) is 48.5 Å². The Morgan fingerprint density at radius 3 is 2.54 bits per heavy atom. The van der Waals surface area contributed by atoms with Crippen LogP contribution >= 0.6 is 0 Å². The van der Waals surface area contributed by atoms with Crippen molar-refractivity contribution in [1.82, 2.24) is 0 Å². The van der Waals surface area contributed by atoms with Crippen LogP contribution in [0, 0.1) is 5.92 Å². The summed E-state index contributed by atoms with van der Waals surface area (Å²) in [6, 6.07) is 20.7. The minimum Gasteiger partial charge on any atom is -0.453 e. The normalized spacial score (nSPS) is 16.5. The molecule has 0 spiro atoms. The van der Waals surface area contributed by atoms with Crippen molar-refractivity contribution in [2.24, 2.45) is 5.92 Å². The van der Waals surface area contributed by atoms with E-state index in [0.29, 0.717) is 17.8 Å². The first-order valence-corrected chi connectivity index (χ1v) is 8.46. The first-order chi connectivity index (χ1) is 12.7. The van der Waals surface area contributed by atoms with Gasteiger partial charge in [-0.25, -0.2) is 0 Å². The van der Waals surface area contributed by atoms with Gasteiger partial charge in [-0.05, 0) is 35.4 Å². The molecule has 5 rings (SSSR count). The van der Waals surface area contributed by atoms with E-state index in [2.05, 4.69) is 0 Å². The second-order valence-electron chi connectivity index (χ2n) is 6.45. The number of benzene rings is 3. The van der Waals surface area contributed by atoms with Gasteiger partial charge in [0.15, 0.2) is 5.76 Å². The molecule has 1 aromatic heterocycles. The molecule has 0 radical (unpaired) electrons. The third-order valence-corrected chi connectivity index (χ3v) is 4.89. The molecule has 4 aromatic rings. The lowest BCUT2D eigenvalue weighted by atomic mass is 9.88. The second-order valence-corrected chi connectivity index (χ2v) is 6.45. The molecule has 3 aromatic carbocycles. The summed E-state index contributed by atoms with van der Waals surface area (Å²) in [6.45, 7) is 0. The van der Waals surface area contributed by atoms with E-state index in [1.165, 1.54) is 0 Å². The molecule has 0 saturated heterocycles. The van der Waals surface area contributed by atoms with E-state index in [4.69, 9.17) is 9.15 Å². The number of hydrogen-bond acceptors (Lipinski definition) is 4. The van der Waals surface area contributed by atoms with Gasteiger partial charge in [-0.2, -0.15) is 0 Å². The second kappa shape index (κ2) is 5.56. The predicted octanol–water partition coefficient (Wildman–Crippen LogP) is 4.55. The van der Waals surface area contributed by atoms with Crippen molar-refractivity contribution in [1.29, 1.82) is 0 Å². The fraction of sp³-hybridized carbons (Fsp3) is 0.0909. The third-order valence-electron chi connectivity index (χ3n) is 4.89. The molecule has 1 unspecified atom stereocenters. The largest absolute Gasteiger partial charge is 0.453 e. The van der Waals surface area contributed by atoms with Crippen LogP contribution in [0.4, 0.5) is 0 Å². The maximum Gasteiger partial charge on any atom is 0.322 e. The Morgan fingerprint density at radius 2 is 1.69 bits per heavy atom. The van der Waals surface area contributed by atoms with Crippen molar-refractivity contribution >= 4 is 33.5 Å². The molecular weight excluding hydrogens is 328 g/mol. The highest BCUT2D eigenvalue weighted by molar-refractivity contribution is 6.10. The van der Waals surface area contributed by atoms with Gasteiger partial charge in [0.25, 0.3) is 0 Å². The van der Waals surface area contributed by atoms with Crippen molar-refractivity contribution in [2.45, 2.75) is 6.42 Å². The quantitative estimate of drug-likeness (QED) is 0.232. The van der Waals surface area contributed by atoms with Gasteiger partial charge < -0.3 is 9.15 Å². The number of fused-ring (bicyclic) bond motifs is 4. The summed E-state index contributed by atoms with van der Waals surface area (Å²) in [5, 5.41) is 2.89. The molecule has 1 aliphatic rings. The van der Waals surface area contributed by atoms with Crippen molar-refractivity contribution in [2.75, 3.05) is 0 Å². The summed E-state index contributed by atoms with van der Waals surface area (Å²) in [4.78, 5) is 25.4. The first-order valence-electron chi connectivity index (χ1n) is 8.46. The zero-order chi connectivity index (χ0) is 17.7. The van der Waals surface area contributed by atoms with Crippen molar-refractivity contribution in [3.63, 3.8) is 0 Å². The Balaban J connectivity index is 1.57. The topological polar surface area (TPSA) is 56.5 Å². The average Bonchev–Trinajstić information content (AvgIpc) is 3.11. The number of carbonyl (C=O) groups excluding carboxylic acids is 2. The number of esters is 1. The molecule has 0 aliphatic carbocycles. The number of carbonyl (C=O) groups is 2. The number of ether oxygens (including phenoxy) is 1. The Morgan fingerprint density at radius 1 is 0.923 bits per heavy atom. The number of Topliss-reactive ketones (excluding diaryl/α,β-unsaturated/α-hetero) is 1. The van der Waals surface area contributed by atoms with Crippen LogP contribution in [0.3, 0.4) is 0 Å². The van der Waals surface area contributed by atoms with Crippen LogP contribution in [0.25, 0.3) is 21.7 Å². The van der Waals surface area contributed by atoms with Gasteiger partial charge in [-0.3, -0.25) is 9.59 Å². The lowest BCUT2D eigenvalue weighted by Gasteiger charge is -2.23. The van der Waals surface area contributed by atoms with E-state index in [9.17, 15) is 9.59 Å². The molecule has 0 N–H and O–H groups in total. The van der Waals surface area contributed by atoms with Crippen LogP contribution in [-0.2, 0) is 11.2 Å². The summed E-state index contributed by atoms with van der Waals surface area (Å²) < 4.78 is 11.1. The smallest absolute Gasteiger partial charge is 0.322 e. The highest BCUT2D eigenvalue weighted by Gasteiger charge is 2.37. The van der Waals surface area contributed by atoms with Gasteiger partial charge in [0.2, 0.25) is 5.78 Å². The maximum absolute atomic E-state index is 12.9. The molecule has 0 amide bonds. The lowest BCUT2D eigenvalue weighted by Crippen LogP contribution is -2.33. The summed E-state index contributed by atoms with van der Waals surface area (Å²) in [7, 11) is 0. The van der Waals surface area contributed by atoms with Gasteiger partial charge in [0.1, 0.15) is 17.3 Å². The van der Waals surface area contributed by atoms with Crippen LogP contribution in [-0.4, -0.2) is 11.8 Å². The number of ketones is 1. The molecule has 4 nitrogen and oxygen atoms in total. The maximum atomic E-state index is 12.9. The van der Waals surface area contributed by atoms with Crippen LogP contribution in [0.1, 0.15) is 16.1 Å². The van der Waals surface area contributed by atoms with Crippen molar-refractivity contribution in [3.8, 4) is 5.75 Å². The molecule has 2 heterocycles. The summed E-state index contributed by atoms with van der Waals surface area (Å²) in [6.07, 6.45) is 0.311. The Labute approximate surface area is 149 Å². The number of rotatable bonds is 2. The van der Waals surface area contributed by atoms with E-state index in [0.717, 1.165) is 21.7 Å². The highest BCUT2D eigenvalue weighted by Crippen LogP contribution is 2.35. The minimum atomic E-state index is -0.895. The minimum absolute atomic E-state index is 0.192. The lowest BCUT2D eigenvalue weighted by molar-refractivity contribution is -0.138. The average molecular weight is 342 g/mol. The molecule has 0 bridgehead atoms. The number of hydrogen-bond donors (Lipinski definition) is 0. The number of para-hydroxylation sites is 1. The SMILES string of the molecule is O=C1Oc2ccc3ccccc3c2CC1C(=O)c1cc2ccccc2o1. The van der Waals surface area contributed by atoms with Crippen LogP contribution < -0.4 is 4.74 Å². The van der Waals surface area contributed by atoms with Gasteiger partial charge in [-0.1, -0.05) is 48.5 Å². The molecule has 126 valence electrons. The Hall–Kier alpha value is -3.40. The van der Waals surface area contributed by atoms with Gasteiger partial charge in [-0.15, -0.1) is 0 Å². The summed E-state index contributed by atoms with van der Waals surface area (Å²) >= 11 is 0. The third kappa shape index (κ3) is 2.23. The van der Waals surface area contributed by atoms with Crippen LogP contribution in [0.2, 0.25) is 0 Å². The van der Waals surface area contributed by atoms with Crippen LogP contribution in [0.5, 0.6) is 5.75 Å². The Bertz CT molecular complexity index is 1150. The van der Waals surface area contributed by atoms with E-state index in [-0.39, 0.29) is 11.5 Å². The summed E-state index contributed by atoms with van der Waals surface area (Å²) in [5.74, 6) is -1.05. The first kappa shape index (κ1) is 14.9. The van der Waals surface area contributed by atoms with Crippen molar-refractivity contribution < 1.29 is 18.7 Å². The monoisotopic (exact) mass is 342 g/mol. The molecule has 1 atom stereocenters. The van der Waals surface area contributed by atoms with Gasteiger partial charge >= 0.3 is 5.97 Å². The summed E-state index contributed by atoms with van der Waals surface area (Å²) in [5.41, 5.74) is 1.52. The zero-order valence-corrected chi connectivity index (χ0v) is 13.8. The van der Waals surface area contributed by atoms with Crippen LogP contribution in [0.15, 0.2) is 71.1 Å². The highest BCUT2D eigenvalue weighted by atomic mass is 16.5. The number of furan rings is 1. The Kier molecular flexibility index (Phi) is 3.19. The van der Waals surface area contributed by atoms with E-state index >= 15 is 0 Å². The predicted molar refractivity (Wildman–Crippen MR) is 97.3 cm³/mol. The molecule has 4 heteroatoms. The van der Waals surface area contributed by atoms with Gasteiger partial charge in [0.05, 0.1) is 0 Å². The molecule has 1 aliphatic heterocycles. The molecule has 26 heavy (non-hydrogen) atoms. The van der Waals surface area contributed by atoms with E-state index in [1.54, 1.807) is 18.2 Å². The van der Waals surface area contributed by atoms with E-state index < -0.39 is 11.9 Å². The standard InChI is InChI=1S/C22H14O4/c23-21(20-11-14-6-2-4-8-18(14)25-20)17-12-16-15-7-3-1-5-13(15)9-10-19(16)26-22(17)24/h1-11,17H,12H2. The molecule has 0 saturated carbocycles. The van der Waals surface area contributed by atoms with Gasteiger partial charge in [0, 0.05) is 10.9 Å². The molecular formula is C22H14O4. The zero-order valence-electron chi connectivity index (χ0n) is 13.8. The fourth-order valence-corrected chi connectivity index (χ4v) is 3.56. The van der Waals surface area contributed by atoms with Crippen molar-refractivity contribution in [3.05, 3.63) is 78.1 Å². The fourth-order valence-electron chi connectivity index (χ4n) is 3.56.